The van der Waals surface area contributed by atoms with Gasteiger partial charge in [0.25, 0.3) is 0 Å². The fourth-order valence-electron chi connectivity index (χ4n) is 2.61. The van der Waals surface area contributed by atoms with Gasteiger partial charge in [0.15, 0.2) is 0 Å². The smallest absolute Gasteiger partial charge is 0.0950 e. The van der Waals surface area contributed by atoms with E-state index in [0.717, 1.165) is 16.1 Å². The fraction of sp³-hybridized carbons (Fsp3) is 0.167. The second-order valence-corrected chi connectivity index (χ2v) is 5.98. The van der Waals surface area contributed by atoms with Crippen LogP contribution in [0.5, 0.6) is 0 Å². The molecular formula is C18H17NOS. The zero-order chi connectivity index (χ0) is 14.5. The van der Waals surface area contributed by atoms with Crippen molar-refractivity contribution in [2.75, 3.05) is 0 Å². The lowest BCUT2D eigenvalue weighted by Gasteiger charge is -2.23. The number of benzene rings is 2. The van der Waals surface area contributed by atoms with Crippen LogP contribution in [0.1, 0.15) is 22.1 Å². The van der Waals surface area contributed by atoms with Crippen molar-refractivity contribution in [1.82, 2.24) is 4.98 Å². The first-order valence-electron chi connectivity index (χ1n) is 7.01. The van der Waals surface area contributed by atoms with E-state index in [0.29, 0.717) is 6.42 Å². The molecule has 0 aliphatic heterocycles. The van der Waals surface area contributed by atoms with E-state index in [4.69, 9.17) is 0 Å². The lowest BCUT2D eigenvalue weighted by atomic mass is 9.85. The maximum Gasteiger partial charge on any atom is 0.0950 e. The van der Waals surface area contributed by atoms with Gasteiger partial charge in [-0.05, 0) is 11.1 Å². The van der Waals surface area contributed by atoms with E-state index in [2.05, 4.69) is 29.2 Å². The molecule has 0 aliphatic rings. The van der Waals surface area contributed by atoms with Gasteiger partial charge < -0.3 is 5.11 Å². The third-order valence-corrected chi connectivity index (χ3v) is 4.37. The molecule has 0 aliphatic carbocycles. The van der Waals surface area contributed by atoms with Crippen LogP contribution in [0, 0.1) is 0 Å². The first-order valence-corrected chi connectivity index (χ1v) is 7.89. The van der Waals surface area contributed by atoms with Gasteiger partial charge in [0, 0.05) is 23.9 Å². The zero-order valence-electron chi connectivity index (χ0n) is 11.6. The lowest BCUT2D eigenvalue weighted by molar-refractivity contribution is 0.156. The molecule has 106 valence electrons. The number of thiazole rings is 1. The highest BCUT2D eigenvalue weighted by Gasteiger charge is 2.23. The topological polar surface area (TPSA) is 33.1 Å². The number of hydrogen-bond acceptors (Lipinski definition) is 3. The van der Waals surface area contributed by atoms with Crippen molar-refractivity contribution in [3.8, 4) is 0 Å². The molecule has 0 saturated carbocycles. The quantitative estimate of drug-likeness (QED) is 0.775. The van der Waals surface area contributed by atoms with Gasteiger partial charge in [0.1, 0.15) is 0 Å². The molecule has 3 heteroatoms. The van der Waals surface area contributed by atoms with Crippen LogP contribution in [-0.2, 0) is 6.42 Å². The van der Waals surface area contributed by atoms with Gasteiger partial charge in [-0.2, -0.15) is 0 Å². The van der Waals surface area contributed by atoms with E-state index in [1.807, 2.05) is 41.8 Å². The minimum absolute atomic E-state index is 0.0312. The van der Waals surface area contributed by atoms with Gasteiger partial charge in [-0.25, -0.2) is 4.98 Å². The van der Waals surface area contributed by atoms with E-state index in [9.17, 15) is 5.11 Å². The Morgan fingerprint density at radius 1 is 0.905 bits per heavy atom. The number of rotatable bonds is 5. The summed E-state index contributed by atoms with van der Waals surface area (Å²) >= 11 is 1.59. The van der Waals surface area contributed by atoms with Crippen LogP contribution in [-0.4, -0.2) is 16.2 Å². The van der Waals surface area contributed by atoms with Crippen LogP contribution in [0.3, 0.4) is 0 Å². The first kappa shape index (κ1) is 14.0. The van der Waals surface area contributed by atoms with Crippen LogP contribution >= 0.6 is 11.3 Å². The Morgan fingerprint density at radius 2 is 1.48 bits per heavy atom. The largest absolute Gasteiger partial charge is 0.392 e. The zero-order valence-corrected chi connectivity index (χ0v) is 12.4. The van der Waals surface area contributed by atoms with E-state index in [-0.39, 0.29) is 5.92 Å². The van der Waals surface area contributed by atoms with Gasteiger partial charge in [-0.1, -0.05) is 60.7 Å². The second kappa shape index (κ2) is 6.66. The van der Waals surface area contributed by atoms with E-state index in [1.165, 1.54) is 0 Å². The van der Waals surface area contributed by atoms with Gasteiger partial charge in [0.2, 0.25) is 0 Å². The Balaban J connectivity index is 1.92. The minimum Gasteiger partial charge on any atom is -0.392 e. The Hall–Kier alpha value is -1.97. The van der Waals surface area contributed by atoms with Crippen LogP contribution < -0.4 is 0 Å². The Bertz CT molecular complexity index is 613. The molecular weight excluding hydrogens is 278 g/mol. The highest BCUT2D eigenvalue weighted by molar-refractivity contribution is 7.09. The third kappa shape index (κ3) is 3.38. The molecule has 1 atom stereocenters. The lowest BCUT2D eigenvalue weighted by Crippen LogP contribution is -2.22. The van der Waals surface area contributed by atoms with Crippen molar-refractivity contribution in [1.29, 1.82) is 0 Å². The molecule has 1 aromatic heterocycles. The van der Waals surface area contributed by atoms with Gasteiger partial charge in [-0.3, -0.25) is 0 Å². The Kier molecular flexibility index (Phi) is 4.43. The standard InChI is InChI=1S/C18H17NOS/c20-16(13-17-19-11-12-21-17)18(14-7-3-1-4-8-14)15-9-5-2-6-10-15/h1-12,16,18,20H,13H2. The summed E-state index contributed by atoms with van der Waals surface area (Å²) in [7, 11) is 0. The Labute approximate surface area is 128 Å². The highest BCUT2D eigenvalue weighted by atomic mass is 32.1. The normalized spacial score (nSPS) is 12.5. The maximum absolute atomic E-state index is 10.8. The van der Waals surface area contributed by atoms with Crippen molar-refractivity contribution in [2.45, 2.75) is 18.4 Å². The number of hydrogen-bond donors (Lipinski definition) is 1. The molecule has 2 aromatic carbocycles. The summed E-state index contributed by atoms with van der Waals surface area (Å²) in [6.07, 6.45) is 1.87. The summed E-state index contributed by atoms with van der Waals surface area (Å²) in [5.74, 6) is -0.0312. The van der Waals surface area contributed by atoms with Crippen molar-refractivity contribution in [3.63, 3.8) is 0 Å². The number of nitrogens with zero attached hydrogens (tertiary/aromatic N) is 1. The SMILES string of the molecule is OC(Cc1nccs1)C(c1ccccc1)c1ccccc1. The molecule has 1 heterocycles. The van der Waals surface area contributed by atoms with E-state index >= 15 is 0 Å². The van der Waals surface area contributed by atoms with Crippen molar-refractivity contribution in [2.24, 2.45) is 0 Å². The molecule has 21 heavy (non-hydrogen) atoms. The predicted octanol–water partition coefficient (Wildman–Crippen LogP) is 3.88. The monoisotopic (exact) mass is 295 g/mol. The molecule has 0 spiro atoms. The molecule has 1 unspecified atom stereocenters. The fourth-order valence-corrected chi connectivity index (χ4v) is 3.28. The highest BCUT2D eigenvalue weighted by Crippen LogP contribution is 2.30. The van der Waals surface area contributed by atoms with Crippen molar-refractivity contribution < 1.29 is 5.11 Å². The average molecular weight is 295 g/mol. The molecule has 1 N–H and O–H groups in total. The number of aromatic nitrogens is 1. The molecule has 3 aromatic rings. The van der Waals surface area contributed by atoms with Crippen molar-refractivity contribution >= 4 is 11.3 Å². The molecule has 0 radical (unpaired) electrons. The summed E-state index contributed by atoms with van der Waals surface area (Å²) in [6.45, 7) is 0. The number of aliphatic hydroxyl groups excluding tert-OH is 1. The van der Waals surface area contributed by atoms with Crippen LogP contribution in [0.25, 0.3) is 0 Å². The summed E-state index contributed by atoms with van der Waals surface area (Å²) in [6, 6.07) is 20.3. The summed E-state index contributed by atoms with van der Waals surface area (Å²) in [5.41, 5.74) is 2.26. The van der Waals surface area contributed by atoms with Crippen LogP contribution in [0.4, 0.5) is 0 Å². The van der Waals surface area contributed by atoms with Crippen LogP contribution in [0.2, 0.25) is 0 Å². The van der Waals surface area contributed by atoms with Gasteiger partial charge in [-0.15, -0.1) is 11.3 Å². The predicted molar refractivity (Wildman–Crippen MR) is 86.6 cm³/mol. The van der Waals surface area contributed by atoms with Gasteiger partial charge >= 0.3 is 0 Å². The van der Waals surface area contributed by atoms with E-state index in [1.54, 1.807) is 17.5 Å². The summed E-state index contributed by atoms with van der Waals surface area (Å²) < 4.78 is 0. The molecule has 0 bridgehead atoms. The van der Waals surface area contributed by atoms with Gasteiger partial charge in [0.05, 0.1) is 11.1 Å². The third-order valence-electron chi connectivity index (χ3n) is 3.57. The molecule has 0 fully saturated rings. The maximum atomic E-state index is 10.8. The molecule has 2 nitrogen and oxygen atoms in total. The van der Waals surface area contributed by atoms with Crippen LogP contribution in [0.15, 0.2) is 72.2 Å². The average Bonchev–Trinajstić information content (AvgIpc) is 3.02. The molecule has 3 rings (SSSR count). The number of aliphatic hydroxyl groups is 1. The van der Waals surface area contributed by atoms with Crippen molar-refractivity contribution in [3.05, 3.63) is 88.4 Å². The first-order chi connectivity index (χ1) is 10.3. The summed E-state index contributed by atoms with van der Waals surface area (Å²) in [4.78, 5) is 4.28. The van der Waals surface area contributed by atoms with E-state index < -0.39 is 6.10 Å². The molecule has 0 amide bonds. The minimum atomic E-state index is -0.485. The summed E-state index contributed by atoms with van der Waals surface area (Å²) in [5, 5.41) is 13.7. The second-order valence-electron chi connectivity index (χ2n) is 5.00. The molecule has 0 saturated heterocycles. The Morgan fingerprint density at radius 3 is 1.95 bits per heavy atom.